The summed E-state index contributed by atoms with van der Waals surface area (Å²) in [5.74, 6) is 0.107. The molecule has 7 nitrogen and oxygen atoms in total. The first kappa shape index (κ1) is 21.3. The zero-order valence-corrected chi connectivity index (χ0v) is 17.8. The molecule has 3 rings (SSSR count). The highest BCUT2D eigenvalue weighted by molar-refractivity contribution is 6.36. The standard InChI is InChI=1S/C22H31N3O4/c1-23-13-10-16(11-14-23)24(2)20-19(17-8-5-6-9-18(17)29-4)21(26)25(22(20)27)12-7-15-28-3/h5-6,8-9,16H,7,10-15H2,1-4H3. The van der Waals surface area contributed by atoms with Crippen molar-refractivity contribution in [3.63, 3.8) is 0 Å². The molecule has 0 N–H and O–H groups in total. The minimum absolute atomic E-state index is 0.224. The first-order chi connectivity index (χ1) is 14.0. The smallest absolute Gasteiger partial charge is 0.277 e. The van der Waals surface area contributed by atoms with Gasteiger partial charge in [0.1, 0.15) is 11.4 Å². The number of nitrogens with zero attached hydrogens (tertiary/aromatic N) is 3. The molecule has 1 aromatic carbocycles. The number of piperidine rings is 1. The molecule has 2 aliphatic heterocycles. The molecule has 0 saturated carbocycles. The van der Waals surface area contributed by atoms with Gasteiger partial charge in [-0.1, -0.05) is 18.2 Å². The fraction of sp³-hybridized carbons (Fsp3) is 0.545. The fourth-order valence-electron chi connectivity index (χ4n) is 4.12. The van der Waals surface area contributed by atoms with Gasteiger partial charge in [-0.3, -0.25) is 14.5 Å². The number of hydrogen-bond donors (Lipinski definition) is 0. The first-order valence-corrected chi connectivity index (χ1v) is 10.1. The van der Waals surface area contributed by atoms with Crippen molar-refractivity contribution >= 4 is 17.4 Å². The largest absolute Gasteiger partial charge is 0.496 e. The second-order valence-corrected chi connectivity index (χ2v) is 7.68. The Kier molecular flexibility index (Phi) is 6.92. The number of hydrogen-bond acceptors (Lipinski definition) is 6. The second kappa shape index (κ2) is 9.41. The van der Waals surface area contributed by atoms with Crippen LogP contribution in [0.3, 0.4) is 0 Å². The summed E-state index contributed by atoms with van der Waals surface area (Å²) in [5.41, 5.74) is 1.58. The Hall–Kier alpha value is -2.38. The molecule has 0 radical (unpaired) electrons. The molecule has 7 heteroatoms. The number of carbonyl (C=O) groups is 2. The van der Waals surface area contributed by atoms with E-state index in [0.29, 0.717) is 42.2 Å². The van der Waals surface area contributed by atoms with Gasteiger partial charge in [0, 0.05) is 38.9 Å². The monoisotopic (exact) mass is 401 g/mol. The number of para-hydroxylation sites is 1. The molecule has 0 aliphatic carbocycles. The minimum Gasteiger partial charge on any atom is -0.496 e. The molecular formula is C22H31N3O4. The highest BCUT2D eigenvalue weighted by Gasteiger charge is 2.42. The maximum atomic E-state index is 13.4. The van der Waals surface area contributed by atoms with E-state index < -0.39 is 0 Å². The predicted octanol–water partition coefficient (Wildman–Crippen LogP) is 1.84. The highest BCUT2D eigenvalue weighted by atomic mass is 16.5. The number of benzene rings is 1. The lowest BCUT2D eigenvalue weighted by Gasteiger charge is -2.36. The lowest BCUT2D eigenvalue weighted by molar-refractivity contribution is -0.137. The van der Waals surface area contributed by atoms with Crippen molar-refractivity contribution in [1.29, 1.82) is 0 Å². The SMILES string of the molecule is COCCCN1C(=O)C(c2ccccc2OC)=C(N(C)C2CCN(C)CC2)C1=O. The summed E-state index contributed by atoms with van der Waals surface area (Å²) in [4.78, 5) is 32.4. The number of likely N-dealkylation sites (N-methyl/N-ethyl adjacent to an activating group) is 1. The zero-order valence-electron chi connectivity index (χ0n) is 17.8. The van der Waals surface area contributed by atoms with Gasteiger partial charge in [-0.15, -0.1) is 0 Å². The summed E-state index contributed by atoms with van der Waals surface area (Å²) < 4.78 is 10.6. The summed E-state index contributed by atoms with van der Waals surface area (Å²) in [6.45, 7) is 2.80. The van der Waals surface area contributed by atoms with Crippen LogP contribution in [-0.2, 0) is 14.3 Å². The maximum absolute atomic E-state index is 13.4. The molecule has 1 fully saturated rings. The van der Waals surface area contributed by atoms with Gasteiger partial charge in [0.15, 0.2) is 0 Å². The van der Waals surface area contributed by atoms with Crippen molar-refractivity contribution in [3.05, 3.63) is 35.5 Å². The van der Waals surface area contributed by atoms with E-state index >= 15 is 0 Å². The van der Waals surface area contributed by atoms with Gasteiger partial charge in [0.05, 0.1) is 12.7 Å². The van der Waals surface area contributed by atoms with E-state index in [4.69, 9.17) is 9.47 Å². The van der Waals surface area contributed by atoms with Crippen LogP contribution in [0.4, 0.5) is 0 Å². The van der Waals surface area contributed by atoms with Gasteiger partial charge < -0.3 is 19.3 Å². The van der Waals surface area contributed by atoms with Crippen LogP contribution in [0.15, 0.2) is 30.0 Å². The normalized spacial score (nSPS) is 18.7. The van der Waals surface area contributed by atoms with E-state index in [1.807, 2.05) is 36.2 Å². The maximum Gasteiger partial charge on any atom is 0.277 e. The number of carbonyl (C=O) groups excluding carboxylic acids is 2. The number of amides is 2. The Bertz CT molecular complexity index is 784. The van der Waals surface area contributed by atoms with Crippen LogP contribution in [0.5, 0.6) is 5.75 Å². The molecule has 2 aliphatic rings. The average molecular weight is 402 g/mol. The van der Waals surface area contributed by atoms with Crippen molar-refractivity contribution in [3.8, 4) is 5.75 Å². The van der Waals surface area contributed by atoms with E-state index in [9.17, 15) is 9.59 Å². The first-order valence-electron chi connectivity index (χ1n) is 10.1. The van der Waals surface area contributed by atoms with Crippen molar-refractivity contribution in [1.82, 2.24) is 14.7 Å². The molecule has 0 spiro atoms. The summed E-state index contributed by atoms with van der Waals surface area (Å²) >= 11 is 0. The third-order valence-corrected chi connectivity index (χ3v) is 5.84. The Morgan fingerprint density at radius 1 is 1.10 bits per heavy atom. The van der Waals surface area contributed by atoms with Crippen molar-refractivity contribution in [2.24, 2.45) is 0 Å². The van der Waals surface area contributed by atoms with Gasteiger partial charge in [-0.2, -0.15) is 0 Å². The molecular weight excluding hydrogens is 370 g/mol. The number of imide groups is 1. The van der Waals surface area contributed by atoms with E-state index in [1.165, 1.54) is 4.90 Å². The fourth-order valence-corrected chi connectivity index (χ4v) is 4.12. The number of ether oxygens (including phenoxy) is 2. The van der Waals surface area contributed by atoms with Crippen LogP contribution in [0, 0.1) is 0 Å². The predicted molar refractivity (Wildman–Crippen MR) is 111 cm³/mol. The Morgan fingerprint density at radius 3 is 2.45 bits per heavy atom. The summed E-state index contributed by atoms with van der Waals surface area (Å²) in [6.07, 6.45) is 2.53. The number of likely N-dealkylation sites (tertiary alicyclic amines) is 1. The van der Waals surface area contributed by atoms with Crippen molar-refractivity contribution < 1.29 is 19.1 Å². The molecule has 158 valence electrons. The number of methoxy groups -OCH3 is 2. The lowest BCUT2D eigenvalue weighted by atomic mass is 9.99. The minimum atomic E-state index is -0.259. The molecule has 2 amide bonds. The summed E-state index contributed by atoms with van der Waals surface area (Å²) in [7, 11) is 7.24. The molecule has 29 heavy (non-hydrogen) atoms. The third kappa shape index (κ3) is 4.31. The van der Waals surface area contributed by atoms with Crippen LogP contribution >= 0.6 is 0 Å². The third-order valence-electron chi connectivity index (χ3n) is 5.84. The van der Waals surface area contributed by atoms with Crippen LogP contribution in [0.25, 0.3) is 5.57 Å². The van der Waals surface area contributed by atoms with E-state index in [-0.39, 0.29) is 17.9 Å². The Morgan fingerprint density at radius 2 is 1.79 bits per heavy atom. The van der Waals surface area contributed by atoms with Gasteiger partial charge in [0.25, 0.3) is 11.8 Å². The zero-order chi connectivity index (χ0) is 21.0. The Balaban J connectivity index is 2.00. The molecule has 2 heterocycles. The van der Waals surface area contributed by atoms with Gasteiger partial charge in [-0.25, -0.2) is 0 Å². The molecule has 0 bridgehead atoms. The van der Waals surface area contributed by atoms with Gasteiger partial charge in [0.2, 0.25) is 0 Å². The second-order valence-electron chi connectivity index (χ2n) is 7.68. The van der Waals surface area contributed by atoms with Gasteiger partial charge >= 0.3 is 0 Å². The lowest BCUT2D eigenvalue weighted by Crippen LogP contribution is -2.43. The van der Waals surface area contributed by atoms with Crippen LogP contribution in [-0.4, -0.2) is 87.1 Å². The number of rotatable bonds is 8. The molecule has 1 saturated heterocycles. The van der Waals surface area contributed by atoms with Crippen LogP contribution in [0.2, 0.25) is 0 Å². The van der Waals surface area contributed by atoms with Gasteiger partial charge in [-0.05, 0) is 45.5 Å². The molecule has 0 atom stereocenters. The molecule has 0 unspecified atom stereocenters. The summed E-state index contributed by atoms with van der Waals surface area (Å²) in [6, 6.07) is 7.62. The van der Waals surface area contributed by atoms with E-state index in [2.05, 4.69) is 11.9 Å². The van der Waals surface area contributed by atoms with Crippen LogP contribution in [0.1, 0.15) is 24.8 Å². The van der Waals surface area contributed by atoms with E-state index in [0.717, 1.165) is 25.9 Å². The molecule has 0 aromatic heterocycles. The average Bonchev–Trinajstić information content (AvgIpc) is 2.98. The van der Waals surface area contributed by atoms with Crippen molar-refractivity contribution in [2.75, 3.05) is 54.6 Å². The Labute approximate surface area is 172 Å². The van der Waals surface area contributed by atoms with Crippen molar-refractivity contribution in [2.45, 2.75) is 25.3 Å². The summed E-state index contributed by atoms with van der Waals surface area (Å²) in [5, 5.41) is 0. The van der Waals surface area contributed by atoms with E-state index in [1.54, 1.807) is 14.2 Å². The highest BCUT2D eigenvalue weighted by Crippen LogP contribution is 2.37. The quantitative estimate of drug-likeness (QED) is 0.489. The van der Waals surface area contributed by atoms with Crippen LogP contribution < -0.4 is 4.74 Å². The topological polar surface area (TPSA) is 62.3 Å². The molecule has 1 aromatic rings.